The molecule has 0 bridgehead atoms. The Labute approximate surface area is 147 Å². The van der Waals surface area contributed by atoms with Gasteiger partial charge in [0.05, 0.1) is 10.7 Å². The van der Waals surface area contributed by atoms with Gasteiger partial charge in [-0.25, -0.2) is 4.98 Å². The lowest BCUT2D eigenvalue weighted by Crippen LogP contribution is -2.48. The lowest BCUT2D eigenvalue weighted by molar-refractivity contribution is 0.0916. The molecule has 1 amide bonds. The Bertz CT molecular complexity index is 629. The van der Waals surface area contributed by atoms with Gasteiger partial charge < -0.3 is 11.1 Å². The van der Waals surface area contributed by atoms with Gasteiger partial charge in [0.2, 0.25) is 0 Å². The number of carbonyl (C=O) groups is 1. The Balaban J connectivity index is 0.00000220. The highest BCUT2D eigenvalue weighted by molar-refractivity contribution is 7.09. The van der Waals surface area contributed by atoms with E-state index in [9.17, 15) is 4.79 Å². The molecule has 0 aliphatic rings. The zero-order valence-corrected chi connectivity index (χ0v) is 15.2. The first-order valence-corrected chi connectivity index (χ1v) is 7.34. The lowest BCUT2D eigenvalue weighted by Gasteiger charge is -2.24. The van der Waals surface area contributed by atoms with Gasteiger partial charge >= 0.3 is 0 Å². The monoisotopic (exact) mass is 361 g/mol. The Hall–Kier alpha value is -1.14. The Morgan fingerprint density at radius 3 is 2.59 bits per heavy atom. The van der Waals surface area contributed by atoms with Crippen LogP contribution in [0.1, 0.15) is 29.2 Å². The minimum Gasteiger partial charge on any atom is -0.346 e. The predicted octanol–water partition coefficient (Wildman–Crippen LogP) is 3.43. The molecule has 0 saturated carbocycles. The van der Waals surface area contributed by atoms with Crippen LogP contribution in [0.25, 0.3) is 11.3 Å². The number of rotatable bonds is 4. The number of aryl methyl sites for hydroxylation is 1. The second-order valence-corrected chi connectivity index (χ2v) is 6.44. The summed E-state index contributed by atoms with van der Waals surface area (Å²) in [7, 11) is 0. The van der Waals surface area contributed by atoms with Gasteiger partial charge in [-0.1, -0.05) is 12.1 Å². The molecule has 1 aromatic carbocycles. The van der Waals surface area contributed by atoms with Crippen molar-refractivity contribution in [3.8, 4) is 11.3 Å². The maximum atomic E-state index is 12.2. The van der Waals surface area contributed by atoms with Gasteiger partial charge in [0, 0.05) is 28.6 Å². The molecule has 0 saturated heterocycles. The molecule has 0 atom stereocenters. The molecule has 1 aromatic heterocycles. The zero-order valence-electron chi connectivity index (χ0n) is 12.8. The van der Waals surface area contributed by atoms with E-state index < -0.39 is 5.54 Å². The van der Waals surface area contributed by atoms with Gasteiger partial charge in [0.15, 0.2) is 0 Å². The number of hydrogen-bond donors (Lipinski definition) is 2. The van der Waals surface area contributed by atoms with Crippen LogP contribution >= 0.6 is 36.2 Å². The third kappa shape index (κ3) is 5.25. The summed E-state index contributed by atoms with van der Waals surface area (Å²) in [5.41, 5.74) is 7.70. The molecule has 22 heavy (non-hydrogen) atoms. The minimum absolute atomic E-state index is 0. The highest BCUT2D eigenvalue weighted by Gasteiger charge is 2.19. The van der Waals surface area contributed by atoms with Gasteiger partial charge in [-0.2, -0.15) is 0 Å². The fourth-order valence-corrected chi connectivity index (χ4v) is 2.37. The predicted molar refractivity (Wildman–Crippen MR) is 97.4 cm³/mol. The SMILES string of the molecule is Cc1nc(-c2cccc(C(=O)NC(C)(C)CN)c2)cs1.Cl.Cl. The highest BCUT2D eigenvalue weighted by Crippen LogP contribution is 2.22. The number of carbonyl (C=O) groups excluding carboxylic acids is 1. The summed E-state index contributed by atoms with van der Waals surface area (Å²) in [5.74, 6) is -0.116. The van der Waals surface area contributed by atoms with E-state index in [1.54, 1.807) is 17.4 Å². The maximum Gasteiger partial charge on any atom is 0.251 e. The van der Waals surface area contributed by atoms with E-state index in [4.69, 9.17) is 5.73 Å². The van der Waals surface area contributed by atoms with Crippen LogP contribution in [0.5, 0.6) is 0 Å². The van der Waals surface area contributed by atoms with Gasteiger partial charge in [-0.05, 0) is 32.9 Å². The number of halogens is 2. The molecule has 122 valence electrons. The third-order valence-electron chi connectivity index (χ3n) is 3.00. The van der Waals surface area contributed by atoms with Crippen molar-refractivity contribution in [2.24, 2.45) is 5.73 Å². The van der Waals surface area contributed by atoms with E-state index >= 15 is 0 Å². The second kappa shape index (κ2) is 8.48. The third-order valence-corrected chi connectivity index (χ3v) is 3.78. The minimum atomic E-state index is -0.412. The normalized spacial score (nSPS) is 10.4. The standard InChI is InChI=1S/C15H19N3OS.2ClH/c1-10-17-13(8-20-10)11-5-4-6-12(7-11)14(19)18-15(2,3)9-16;;/h4-8H,9,16H2,1-3H3,(H,18,19);2*1H. The molecule has 0 spiro atoms. The molecule has 2 rings (SSSR count). The van der Waals surface area contributed by atoms with Gasteiger partial charge in [0.1, 0.15) is 0 Å². The first-order chi connectivity index (χ1) is 9.41. The number of thiazole rings is 1. The van der Waals surface area contributed by atoms with E-state index in [0.29, 0.717) is 12.1 Å². The average molecular weight is 362 g/mol. The van der Waals surface area contributed by atoms with Crippen LogP contribution < -0.4 is 11.1 Å². The lowest BCUT2D eigenvalue weighted by atomic mass is 10.0. The van der Waals surface area contributed by atoms with Gasteiger partial charge in [-0.15, -0.1) is 36.2 Å². The summed E-state index contributed by atoms with van der Waals surface area (Å²) < 4.78 is 0. The summed E-state index contributed by atoms with van der Waals surface area (Å²) in [6, 6.07) is 7.48. The van der Waals surface area contributed by atoms with Crippen LogP contribution in [0.3, 0.4) is 0 Å². The number of nitrogens with two attached hydrogens (primary N) is 1. The highest BCUT2D eigenvalue weighted by atomic mass is 35.5. The molecule has 0 radical (unpaired) electrons. The van der Waals surface area contributed by atoms with Crippen LogP contribution in [0.15, 0.2) is 29.6 Å². The van der Waals surface area contributed by atoms with E-state index in [-0.39, 0.29) is 30.7 Å². The van der Waals surface area contributed by atoms with Gasteiger partial charge in [0.25, 0.3) is 5.91 Å². The smallest absolute Gasteiger partial charge is 0.251 e. The molecular formula is C15H21Cl2N3OS. The van der Waals surface area contributed by atoms with Gasteiger partial charge in [-0.3, -0.25) is 4.79 Å². The quantitative estimate of drug-likeness (QED) is 0.876. The number of nitrogens with zero attached hydrogens (tertiary/aromatic N) is 1. The van der Waals surface area contributed by atoms with E-state index in [2.05, 4.69) is 10.3 Å². The van der Waals surface area contributed by atoms with Crippen molar-refractivity contribution in [2.45, 2.75) is 26.3 Å². The number of nitrogens with one attached hydrogen (secondary N) is 1. The fraction of sp³-hybridized carbons (Fsp3) is 0.333. The van der Waals surface area contributed by atoms with Crippen molar-refractivity contribution in [1.82, 2.24) is 10.3 Å². The Morgan fingerprint density at radius 2 is 2.05 bits per heavy atom. The molecule has 0 aliphatic carbocycles. The first-order valence-electron chi connectivity index (χ1n) is 6.46. The van der Waals surface area contributed by atoms with Crippen LogP contribution in [-0.4, -0.2) is 23.0 Å². The molecular weight excluding hydrogens is 341 g/mol. The van der Waals surface area contributed by atoms with E-state index in [0.717, 1.165) is 16.3 Å². The molecule has 0 unspecified atom stereocenters. The molecule has 2 aromatic rings. The summed E-state index contributed by atoms with van der Waals surface area (Å²) in [5, 5.41) is 5.93. The van der Waals surface area contributed by atoms with E-state index in [1.165, 1.54) is 0 Å². The summed E-state index contributed by atoms with van der Waals surface area (Å²) in [6.07, 6.45) is 0. The van der Waals surface area contributed by atoms with Crippen LogP contribution in [0.2, 0.25) is 0 Å². The van der Waals surface area contributed by atoms with Crippen molar-refractivity contribution in [3.05, 3.63) is 40.2 Å². The molecule has 4 nitrogen and oxygen atoms in total. The van der Waals surface area contributed by atoms with Crippen LogP contribution in [0.4, 0.5) is 0 Å². The van der Waals surface area contributed by atoms with Crippen LogP contribution in [-0.2, 0) is 0 Å². The van der Waals surface area contributed by atoms with Crippen molar-refractivity contribution in [3.63, 3.8) is 0 Å². The van der Waals surface area contributed by atoms with Crippen LogP contribution in [0, 0.1) is 6.92 Å². The summed E-state index contributed by atoms with van der Waals surface area (Å²) in [4.78, 5) is 16.7. The fourth-order valence-electron chi connectivity index (χ4n) is 1.75. The molecule has 3 N–H and O–H groups in total. The Kier molecular flexibility index (Phi) is 8.04. The number of aromatic nitrogens is 1. The largest absolute Gasteiger partial charge is 0.346 e. The van der Waals surface area contributed by atoms with Crippen molar-refractivity contribution in [2.75, 3.05) is 6.54 Å². The average Bonchev–Trinajstić information content (AvgIpc) is 2.85. The number of amides is 1. The van der Waals surface area contributed by atoms with E-state index in [1.807, 2.05) is 44.4 Å². The van der Waals surface area contributed by atoms with Crippen molar-refractivity contribution < 1.29 is 4.79 Å². The molecule has 0 aliphatic heterocycles. The Morgan fingerprint density at radius 1 is 1.36 bits per heavy atom. The topological polar surface area (TPSA) is 68.0 Å². The van der Waals surface area contributed by atoms with Crippen molar-refractivity contribution >= 4 is 42.1 Å². The summed E-state index contributed by atoms with van der Waals surface area (Å²) in [6.45, 7) is 6.16. The van der Waals surface area contributed by atoms with Crippen molar-refractivity contribution in [1.29, 1.82) is 0 Å². The summed E-state index contributed by atoms with van der Waals surface area (Å²) >= 11 is 1.60. The number of benzene rings is 1. The maximum absolute atomic E-state index is 12.2. The first kappa shape index (κ1) is 20.9. The molecule has 0 fully saturated rings. The second-order valence-electron chi connectivity index (χ2n) is 5.37. The number of hydrogen-bond acceptors (Lipinski definition) is 4. The molecule has 7 heteroatoms. The zero-order chi connectivity index (χ0) is 14.8. The molecule has 1 heterocycles.